The summed E-state index contributed by atoms with van der Waals surface area (Å²) in [6.45, 7) is 5.67. The molecule has 1 heterocycles. The maximum absolute atomic E-state index is 10.2. The van der Waals surface area contributed by atoms with Crippen molar-refractivity contribution in [1.82, 2.24) is 0 Å². The van der Waals surface area contributed by atoms with Gasteiger partial charge in [0, 0.05) is 4.47 Å². The quantitative estimate of drug-likeness (QED) is 0.641. The summed E-state index contributed by atoms with van der Waals surface area (Å²) in [7, 11) is 0. The third-order valence-electron chi connectivity index (χ3n) is 4.21. The van der Waals surface area contributed by atoms with Crippen molar-refractivity contribution in [3.05, 3.63) is 33.3 Å². The zero-order valence-electron chi connectivity index (χ0n) is 12.9. The van der Waals surface area contributed by atoms with Crippen molar-refractivity contribution >= 4 is 15.9 Å². The van der Waals surface area contributed by atoms with Crippen LogP contribution < -0.4 is 0 Å². The summed E-state index contributed by atoms with van der Waals surface area (Å²) in [4.78, 5) is 0. The van der Waals surface area contributed by atoms with Crippen LogP contribution in [0.2, 0.25) is 0 Å². The van der Waals surface area contributed by atoms with E-state index >= 15 is 0 Å². The lowest BCUT2D eigenvalue weighted by molar-refractivity contribution is -0.231. The van der Waals surface area contributed by atoms with Crippen LogP contribution >= 0.6 is 15.9 Å². The Morgan fingerprint density at radius 2 is 1.77 bits per heavy atom. The highest BCUT2D eigenvalue weighted by Crippen LogP contribution is 2.37. The molecule has 2 rings (SSSR count). The van der Waals surface area contributed by atoms with Gasteiger partial charge in [0.05, 0.1) is 6.61 Å². The van der Waals surface area contributed by atoms with E-state index in [0.717, 1.165) is 21.2 Å². The van der Waals surface area contributed by atoms with E-state index in [2.05, 4.69) is 29.8 Å². The van der Waals surface area contributed by atoms with Crippen LogP contribution in [0.3, 0.4) is 0 Å². The van der Waals surface area contributed by atoms with Gasteiger partial charge in [-0.3, -0.25) is 0 Å². The smallest absolute Gasteiger partial charge is 0.113 e. The first kappa shape index (κ1) is 17.8. The predicted molar refractivity (Wildman–Crippen MR) is 85.7 cm³/mol. The highest BCUT2D eigenvalue weighted by atomic mass is 79.9. The summed E-state index contributed by atoms with van der Waals surface area (Å²) in [5.41, 5.74) is 2.80. The normalized spacial score (nSPS) is 32.5. The molecular formula is C16H23BrO5. The van der Waals surface area contributed by atoms with Crippen molar-refractivity contribution in [3.8, 4) is 0 Å². The van der Waals surface area contributed by atoms with Gasteiger partial charge in [0.25, 0.3) is 0 Å². The van der Waals surface area contributed by atoms with E-state index in [0.29, 0.717) is 5.92 Å². The fraction of sp³-hybridized carbons (Fsp3) is 0.625. The molecule has 5 atom stereocenters. The van der Waals surface area contributed by atoms with E-state index < -0.39 is 37.1 Å². The minimum absolute atomic E-state index is 0.344. The van der Waals surface area contributed by atoms with Crippen LogP contribution in [0.15, 0.2) is 16.6 Å². The van der Waals surface area contributed by atoms with Crippen molar-refractivity contribution in [1.29, 1.82) is 0 Å². The van der Waals surface area contributed by atoms with Crippen molar-refractivity contribution in [2.75, 3.05) is 6.61 Å². The topological polar surface area (TPSA) is 90.2 Å². The molecular weight excluding hydrogens is 352 g/mol. The fourth-order valence-corrected chi connectivity index (χ4v) is 3.65. The molecule has 0 bridgehead atoms. The first-order chi connectivity index (χ1) is 10.3. The number of aliphatic hydroxyl groups excluding tert-OH is 4. The molecule has 22 heavy (non-hydrogen) atoms. The number of halogens is 1. The van der Waals surface area contributed by atoms with Gasteiger partial charge in [0.15, 0.2) is 0 Å². The summed E-state index contributed by atoms with van der Waals surface area (Å²) in [6, 6.07) is 3.89. The molecule has 6 heteroatoms. The Hall–Kier alpha value is -0.500. The number of benzene rings is 1. The lowest BCUT2D eigenvalue weighted by Gasteiger charge is -2.40. The summed E-state index contributed by atoms with van der Waals surface area (Å²) < 4.78 is 6.52. The van der Waals surface area contributed by atoms with E-state index in [-0.39, 0.29) is 0 Å². The number of hydrogen-bond acceptors (Lipinski definition) is 5. The molecule has 1 aliphatic rings. The number of aryl methyl sites for hydroxylation is 1. The van der Waals surface area contributed by atoms with Gasteiger partial charge < -0.3 is 25.2 Å². The van der Waals surface area contributed by atoms with Crippen molar-refractivity contribution in [3.63, 3.8) is 0 Å². The molecule has 0 aliphatic carbocycles. The minimum atomic E-state index is -1.36. The molecule has 0 amide bonds. The van der Waals surface area contributed by atoms with Gasteiger partial charge in [-0.2, -0.15) is 0 Å². The molecule has 1 saturated heterocycles. The maximum atomic E-state index is 10.2. The molecule has 1 fully saturated rings. The maximum Gasteiger partial charge on any atom is 0.113 e. The zero-order valence-corrected chi connectivity index (χ0v) is 14.5. The van der Waals surface area contributed by atoms with E-state index in [9.17, 15) is 20.4 Å². The predicted octanol–water partition coefficient (Wildman–Crippen LogP) is 1.40. The number of aliphatic hydroxyl groups is 4. The average molecular weight is 375 g/mol. The molecule has 0 saturated carbocycles. The summed E-state index contributed by atoms with van der Waals surface area (Å²) in [5, 5.41) is 39.3. The standard InChI is InChI=1S/C16H23BrO5/c1-7(2)9-4-8(3)10(5-11(9)17)16-15(21)14(20)13(19)12(6-18)22-16/h4-5,7,12-16,18-21H,6H2,1-3H3/t12-,13+,14+,15+,16+/m1/s1. The van der Waals surface area contributed by atoms with Gasteiger partial charge in [-0.05, 0) is 35.6 Å². The monoisotopic (exact) mass is 374 g/mol. The second-order valence-corrected chi connectivity index (χ2v) is 6.99. The first-order valence-corrected chi connectivity index (χ1v) is 8.17. The molecule has 5 nitrogen and oxygen atoms in total. The van der Waals surface area contributed by atoms with Crippen molar-refractivity contribution in [2.45, 2.75) is 57.2 Å². The Bertz CT molecular complexity index is 532. The highest BCUT2D eigenvalue weighted by molar-refractivity contribution is 9.10. The van der Waals surface area contributed by atoms with Crippen LogP contribution in [-0.2, 0) is 4.74 Å². The van der Waals surface area contributed by atoms with Gasteiger partial charge in [-0.1, -0.05) is 35.8 Å². The molecule has 0 spiro atoms. The average Bonchev–Trinajstić information content (AvgIpc) is 2.47. The fourth-order valence-electron chi connectivity index (χ4n) is 2.83. The third-order valence-corrected chi connectivity index (χ3v) is 4.89. The van der Waals surface area contributed by atoms with E-state index in [1.807, 2.05) is 19.1 Å². The van der Waals surface area contributed by atoms with Crippen LogP contribution in [0.4, 0.5) is 0 Å². The number of ether oxygens (including phenoxy) is 1. The molecule has 0 aromatic heterocycles. The van der Waals surface area contributed by atoms with Crippen LogP contribution in [0.25, 0.3) is 0 Å². The van der Waals surface area contributed by atoms with E-state index in [1.54, 1.807) is 0 Å². The van der Waals surface area contributed by atoms with Crippen molar-refractivity contribution in [2.24, 2.45) is 0 Å². The van der Waals surface area contributed by atoms with Crippen LogP contribution in [0.1, 0.15) is 42.6 Å². The Kier molecular flexibility index (Phi) is 5.63. The van der Waals surface area contributed by atoms with Crippen molar-refractivity contribution < 1.29 is 25.2 Å². The van der Waals surface area contributed by atoms with Crippen LogP contribution in [0, 0.1) is 6.92 Å². The van der Waals surface area contributed by atoms with E-state index in [4.69, 9.17) is 4.74 Å². The second kappa shape index (κ2) is 6.95. The van der Waals surface area contributed by atoms with Gasteiger partial charge in [0.2, 0.25) is 0 Å². The minimum Gasteiger partial charge on any atom is -0.394 e. The molecule has 124 valence electrons. The Balaban J connectivity index is 2.40. The van der Waals surface area contributed by atoms with Crippen LogP contribution in [0.5, 0.6) is 0 Å². The van der Waals surface area contributed by atoms with E-state index in [1.165, 1.54) is 0 Å². The SMILES string of the molecule is Cc1cc(C(C)C)c(Br)cc1[C@@H]1O[C@H](CO)[C@H](O)[C@H](O)[C@@H]1O. The molecule has 1 aliphatic heterocycles. The van der Waals surface area contributed by atoms with Crippen LogP contribution in [-0.4, -0.2) is 51.4 Å². The zero-order chi connectivity index (χ0) is 16.6. The second-order valence-electron chi connectivity index (χ2n) is 6.13. The molecule has 4 N–H and O–H groups in total. The van der Waals surface area contributed by atoms with Gasteiger partial charge in [-0.15, -0.1) is 0 Å². The van der Waals surface area contributed by atoms with Gasteiger partial charge in [-0.25, -0.2) is 0 Å². The summed E-state index contributed by atoms with van der Waals surface area (Å²) in [5.74, 6) is 0.344. The molecule has 0 radical (unpaired) electrons. The molecule has 0 unspecified atom stereocenters. The lowest BCUT2D eigenvalue weighted by atomic mass is 9.88. The highest BCUT2D eigenvalue weighted by Gasteiger charge is 2.44. The Labute approximate surface area is 138 Å². The molecule has 1 aromatic carbocycles. The Morgan fingerprint density at radius 1 is 1.14 bits per heavy atom. The summed E-state index contributed by atoms with van der Waals surface area (Å²) in [6.07, 6.45) is -5.65. The van der Waals surface area contributed by atoms with Gasteiger partial charge >= 0.3 is 0 Å². The summed E-state index contributed by atoms with van der Waals surface area (Å²) >= 11 is 3.53. The lowest BCUT2D eigenvalue weighted by Crippen LogP contribution is -2.55. The number of hydrogen-bond donors (Lipinski definition) is 4. The van der Waals surface area contributed by atoms with Gasteiger partial charge in [0.1, 0.15) is 30.5 Å². The first-order valence-electron chi connectivity index (χ1n) is 7.38. The third kappa shape index (κ3) is 3.22. The largest absolute Gasteiger partial charge is 0.394 e. The number of rotatable bonds is 3. The Morgan fingerprint density at radius 3 is 2.32 bits per heavy atom. The molecule has 1 aromatic rings.